The Kier molecular flexibility index (Phi) is 4.11. The van der Waals surface area contributed by atoms with Gasteiger partial charge in [-0.1, -0.05) is 13.8 Å². The van der Waals surface area contributed by atoms with E-state index >= 15 is 0 Å². The van der Waals surface area contributed by atoms with Gasteiger partial charge < -0.3 is 10.0 Å². The van der Waals surface area contributed by atoms with Crippen LogP contribution < -0.4 is 0 Å². The van der Waals surface area contributed by atoms with E-state index in [0.29, 0.717) is 24.4 Å². The van der Waals surface area contributed by atoms with E-state index in [9.17, 15) is 9.59 Å². The van der Waals surface area contributed by atoms with Gasteiger partial charge in [0.1, 0.15) is 6.04 Å². The van der Waals surface area contributed by atoms with Crippen LogP contribution in [0.3, 0.4) is 0 Å². The zero-order valence-corrected chi connectivity index (χ0v) is 12.2. The number of aliphatic carboxylic acids is 1. The highest BCUT2D eigenvalue weighted by molar-refractivity contribution is 5.97. The summed E-state index contributed by atoms with van der Waals surface area (Å²) in [6, 6.07) is -0.699. The zero-order valence-electron chi connectivity index (χ0n) is 12.2. The average Bonchev–Trinajstić information content (AvgIpc) is 2.96. The number of carboxylic acids is 1. The molecule has 0 spiro atoms. The van der Waals surface area contributed by atoms with Gasteiger partial charge in [-0.25, -0.2) is 4.79 Å². The van der Waals surface area contributed by atoms with Crippen LogP contribution in [0.5, 0.6) is 0 Å². The second-order valence-corrected chi connectivity index (χ2v) is 5.71. The van der Waals surface area contributed by atoms with Crippen LogP contribution in [0.25, 0.3) is 0 Å². The third kappa shape index (κ3) is 2.69. The van der Waals surface area contributed by atoms with E-state index in [4.69, 9.17) is 5.11 Å². The maximum atomic E-state index is 12.5. The SMILES string of the molecule is Cc1c(C(=O)N2CCC[C@H]2C(=O)O)cnn1CC(C)C. The number of nitrogens with zero attached hydrogens (tertiary/aromatic N) is 3. The topological polar surface area (TPSA) is 75.4 Å². The van der Waals surface area contributed by atoms with E-state index in [1.54, 1.807) is 6.20 Å². The number of carbonyl (C=O) groups excluding carboxylic acids is 1. The zero-order chi connectivity index (χ0) is 14.9. The Bertz CT molecular complexity index is 522. The number of carboxylic acid groups (broad SMARTS) is 1. The molecular formula is C14H21N3O3. The molecule has 0 radical (unpaired) electrons. The fourth-order valence-corrected chi connectivity index (χ4v) is 2.61. The summed E-state index contributed by atoms with van der Waals surface area (Å²) in [6.07, 6.45) is 2.82. The highest BCUT2D eigenvalue weighted by Crippen LogP contribution is 2.22. The van der Waals surface area contributed by atoms with Crippen LogP contribution in [-0.4, -0.2) is 44.3 Å². The van der Waals surface area contributed by atoms with E-state index in [1.807, 2.05) is 11.6 Å². The van der Waals surface area contributed by atoms with Gasteiger partial charge in [0.25, 0.3) is 5.91 Å². The maximum Gasteiger partial charge on any atom is 0.326 e. The average molecular weight is 279 g/mol. The second kappa shape index (κ2) is 5.64. The summed E-state index contributed by atoms with van der Waals surface area (Å²) in [7, 11) is 0. The Morgan fingerprint density at radius 2 is 2.20 bits per heavy atom. The minimum atomic E-state index is -0.928. The van der Waals surface area contributed by atoms with Gasteiger partial charge >= 0.3 is 5.97 Å². The van der Waals surface area contributed by atoms with Crippen molar-refractivity contribution in [3.63, 3.8) is 0 Å². The molecule has 1 saturated heterocycles. The van der Waals surface area contributed by atoms with Crippen molar-refractivity contribution in [3.05, 3.63) is 17.5 Å². The molecule has 1 aliphatic rings. The molecule has 1 aromatic rings. The largest absolute Gasteiger partial charge is 0.480 e. The van der Waals surface area contributed by atoms with Crippen molar-refractivity contribution in [2.45, 2.75) is 46.2 Å². The van der Waals surface area contributed by atoms with Crippen molar-refractivity contribution in [2.75, 3.05) is 6.54 Å². The fraction of sp³-hybridized carbons (Fsp3) is 0.643. The molecule has 0 saturated carbocycles. The molecule has 2 heterocycles. The molecular weight excluding hydrogens is 258 g/mol. The lowest BCUT2D eigenvalue weighted by atomic mass is 10.2. The van der Waals surface area contributed by atoms with E-state index in [2.05, 4.69) is 18.9 Å². The fourth-order valence-electron chi connectivity index (χ4n) is 2.61. The predicted molar refractivity (Wildman–Crippen MR) is 73.5 cm³/mol. The summed E-state index contributed by atoms with van der Waals surface area (Å²) in [5.41, 5.74) is 1.32. The molecule has 1 aromatic heterocycles. The predicted octanol–water partition coefficient (Wildman–Crippen LogP) is 1.54. The molecule has 6 nitrogen and oxygen atoms in total. The maximum absolute atomic E-state index is 12.5. The molecule has 20 heavy (non-hydrogen) atoms. The lowest BCUT2D eigenvalue weighted by molar-refractivity contribution is -0.141. The summed E-state index contributed by atoms with van der Waals surface area (Å²) < 4.78 is 1.81. The summed E-state index contributed by atoms with van der Waals surface area (Å²) in [4.78, 5) is 25.1. The first kappa shape index (κ1) is 14.6. The molecule has 1 atom stereocenters. The Hall–Kier alpha value is -1.85. The minimum absolute atomic E-state index is 0.220. The lowest BCUT2D eigenvalue weighted by Crippen LogP contribution is -2.40. The van der Waals surface area contributed by atoms with Crippen LogP contribution in [0.2, 0.25) is 0 Å². The van der Waals surface area contributed by atoms with Crippen molar-refractivity contribution in [2.24, 2.45) is 5.92 Å². The quantitative estimate of drug-likeness (QED) is 0.907. The molecule has 6 heteroatoms. The molecule has 1 fully saturated rings. The third-order valence-electron chi connectivity index (χ3n) is 3.67. The highest BCUT2D eigenvalue weighted by atomic mass is 16.4. The van der Waals surface area contributed by atoms with Gasteiger partial charge in [0.05, 0.1) is 11.8 Å². The smallest absolute Gasteiger partial charge is 0.326 e. The minimum Gasteiger partial charge on any atom is -0.480 e. The van der Waals surface area contributed by atoms with Gasteiger partial charge in [0, 0.05) is 18.8 Å². The Labute approximate surface area is 118 Å². The number of carbonyl (C=O) groups is 2. The molecule has 0 aromatic carbocycles. The Morgan fingerprint density at radius 3 is 2.80 bits per heavy atom. The van der Waals surface area contributed by atoms with Crippen LogP contribution in [0.1, 0.15) is 42.7 Å². The van der Waals surface area contributed by atoms with Crippen molar-refractivity contribution in [1.82, 2.24) is 14.7 Å². The molecule has 0 unspecified atom stereocenters. The summed E-state index contributed by atoms with van der Waals surface area (Å²) in [5.74, 6) is -0.708. The van der Waals surface area contributed by atoms with Crippen molar-refractivity contribution >= 4 is 11.9 Å². The van der Waals surface area contributed by atoms with Gasteiger partial charge in [-0.15, -0.1) is 0 Å². The van der Waals surface area contributed by atoms with Crippen LogP contribution in [0.4, 0.5) is 0 Å². The van der Waals surface area contributed by atoms with Gasteiger partial charge in [-0.05, 0) is 25.7 Å². The van der Waals surface area contributed by atoms with Gasteiger partial charge in [-0.3, -0.25) is 9.48 Å². The van der Waals surface area contributed by atoms with Crippen LogP contribution >= 0.6 is 0 Å². The Morgan fingerprint density at radius 1 is 1.50 bits per heavy atom. The van der Waals surface area contributed by atoms with E-state index < -0.39 is 12.0 Å². The Balaban J connectivity index is 2.21. The molecule has 110 valence electrons. The number of amides is 1. The van der Waals surface area contributed by atoms with Crippen LogP contribution in [0.15, 0.2) is 6.20 Å². The van der Waals surface area contributed by atoms with Gasteiger partial charge in [0.2, 0.25) is 0 Å². The monoisotopic (exact) mass is 279 g/mol. The van der Waals surface area contributed by atoms with Crippen molar-refractivity contribution in [1.29, 1.82) is 0 Å². The molecule has 2 rings (SSSR count). The van der Waals surface area contributed by atoms with E-state index in [-0.39, 0.29) is 5.91 Å². The first-order chi connectivity index (χ1) is 9.41. The number of hydrogen-bond acceptors (Lipinski definition) is 3. The van der Waals surface area contributed by atoms with Gasteiger partial charge in [-0.2, -0.15) is 5.10 Å². The highest BCUT2D eigenvalue weighted by Gasteiger charge is 2.35. The first-order valence-electron chi connectivity index (χ1n) is 6.98. The molecule has 1 aliphatic heterocycles. The standard InChI is InChI=1S/C14H21N3O3/c1-9(2)8-17-10(3)11(7-15-17)13(18)16-6-4-5-12(16)14(19)20/h7,9,12H,4-6,8H2,1-3H3,(H,19,20)/t12-/m0/s1. The van der Waals surface area contributed by atoms with E-state index in [0.717, 1.165) is 18.7 Å². The molecule has 1 amide bonds. The van der Waals surface area contributed by atoms with E-state index in [1.165, 1.54) is 4.90 Å². The number of rotatable bonds is 4. The van der Waals surface area contributed by atoms with Crippen molar-refractivity contribution < 1.29 is 14.7 Å². The number of aromatic nitrogens is 2. The van der Waals surface area contributed by atoms with Crippen LogP contribution in [0, 0.1) is 12.8 Å². The van der Waals surface area contributed by atoms with Gasteiger partial charge in [0.15, 0.2) is 0 Å². The first-order valence-corrected chi connectivity index (χ1v) is 6.98. The van der Waals surface area contributed by atoms with Crippen LogP contribution in [-0.2, 0) is 11.3 Å². The second-order valence-electron chi connectivity index (χ2n) is 5.71. The van der Waals surface area contributed by atoms with Crippen molar-refractivity contribution in [3.8, 4) is 0 Å². The molecule has 0 aliphatic carbocycles. The molecule has 1 N–H and O–H groups in total. The number of hydrogen-bond donors (Lipinski definition) is 1. The summed E-state index contributed by atoms with van der Waals surface area (Å²) >= 11 is 0. The molecule has 0 bridgehead atoms. The number of likely N-dealkylation sites (tertiary alicyclic amines) is 1. The third-order valence-corrected chi connectivity index (χ3v) is 3.67. The summed E-state index contributed by atoms with van der Waals surface area (Å²) in [6.45, 7) is 7.29. The summed E-state index contributed by atoms with van der Waals surface area (Å²) in [5, 5.41) is 13.4. The normalized spacial score (nSPS) is 18.8. The lowest BCUT2D eigenvalue weighted by Gasteiger charge is -2.21.